The van der Waals surface area contributed by atoms with Gasteiger partial charge in [0, 0.05) is 10.6 Å². The van der Waals surface area contributed by atoms with Crippen LogP contribution in [-0.4, -0.2) is 26.8 Å². The Labute approximate surface area is 168 Å². The van der Waals surface area contributed by atoms with E-state index in [9.17, 15) is 4.79 Å². The summed E-state index contributed by atoms with van der Waals surface area (Å²) in [4.78, 5) is 16.6. The second-order valence-electron chi connectivity index (χ2n) is 5.71. The van der Waals surface area contributed by atoms with Crippen LogP contribution >= 0.6 is 34.7 Å². The molecule has 1 N–H and O–H groups in total. The van der Waals surface area contributed by atoms with E-state index in [1.807, 2.05) is 37.3 Å². The van der Waals surface area contributed by atoms with Crippen molar-refractivity contribution in [2.45, 2.75) is 12.1 Å². The molecule has 0 unspecified atom stereocenters. The highest BCUT2D eigenvalue weighted by molar-refractivity contribution is 7.99. The molecule has 0 aliphatic rings. The summed E-state index contributed by atoms with van der Waals surface area (Å²) in [6.07, 6.45) is 0. The smallest absolute Gasteiger partial charge is 0.277 e. The van der Waals surface area contributed by atoms with Crippen molar-refractivity contribution < 1.29 is 9.21 Å². The summed E-state index contributed by atoms with van der Waals surface area (Å²) >= 11 is 8.58. The van der Waals surface area contributed by atoms with Crippen molar-refractivity contribution in [2.24, 2.45) is 0 Å². The summed E-state index contributed by atoms with van der Waals surface area (Å²) in [5.74, 6) is 0.326. The van der Waals surface area contributed by atoms with Gasteiger partial charge in [-0.25, -0.2) is 4.98 Å². The van der Waals surface area contributed by atoms with Crippen LogP contribution in [0.1, 0.15) is 5.56 Å². The Morgan fingerprint density at radius 2 is 2.15 bits per heavy atom. The Morgan fingerprint density at radius 1 is 1.26 bits per heavy atom. The van der Waals surface area contributed by atoms with Crippen molar-refractivity contribution in [1.82, 2.24) is 15.2 Å². The molecule has 9 heteroatoms. The van der Waals surface area contributed by atoms with Crippen LogP contribution in [0.2, 0.25) is 5.02 Å². The first-order chi connectivity index (χ1) is 13.1. The van der Waals surface area contributed by atoms with E-state index >= 15 is 0 Å². The highest BCUT2D eigenvalue weighted by Crippen LogP contribution is 2.28. The molecule has 6 nitrogen and oxygen atoms in total. The number of nitrogens with one attached hydrogen (secondary N) is 1. The van der Waals surface area contributed by atoms with Crippen molar-refractivity contribution in [3.63, 3.8) is 0 Å². The van der Waals surface area contributed by atoms with Crippen LogP contribution in [0.5, 0.6) is 0 Å². The minimum absolute atomic E-state index is 0.145. The van der Waals surface area contributed by atoms with E-state index in [0.717, 1.165) is 21.3 Å². The summed E-state index contributed by atoms with van der Waals surface area (Å²) in [6.45, 7) is 2.02. The maximum atomic E-state index is 12.2. The Morgan fingerprint density at radius 3 is 3.00 bits per heavy atom. The zero-order chi connectivity index (χ0) is 18.8. The van der Waals surface area contributed by atoms with E-state index in [-0.39, 0.29) is 11.7 Å². The molecular formula is C18H13ClN4O2S2. The second kappa shape index (κ2) is 7.67. The SMILES string of the molecule is Cc1ccc2nc(NC(=O)CSc3nnc(-c4cccc(Cl)c4)o3)sc2c1. The van der Waals surface area contributed by atoms with Crippen LogP contribution in [0.25, 0.3) is 21.7 Å². The molecule has 0 aliphatic heterocycles. The fourth-order valence-electron chi connectivity index (χ4n) is 2.37. The van der Waals surface area contributed by atoms with Gasteiger partial charge in [-0.15, -0.1) is 10.2 Å². The first-order valence-corrected chi connectivity index (χ1v) is 10.1. The molecule has 2 aromatic heterocycles. The van der Waals surface area contributed by atoms with Gasteiger partial charge in [-0.1, -0.05) is 46.8 Å². The van der Waals surface area contributed by atoms with Crippen molar-refractivity contribution in [1.29, 1.82) is 0 Å². The van der Waals surface area contributed by atoms with Gasteiger partial charge >= 0.3 is 0 Å². The predicted octanol–water partition coefficient (Wildman–Crippen LogP) is 5.04. The Hall–Kier alpha value is -2.42. The van der Waals surface area contributed by atoms with Crippen LogP contribution in [0, 0.1) is 6.92 Å². The number of hydrogen-bond acceptors (Lipinski definition) is 7. The van der Waals surface area contributed by atoms with Gasteiger partial charge in [0.1, 0.15) is 0 Å². The normalized spacial score (nSPS) is 11.0. The molecule has 4 rings (SSSR count). The van der Waals surface area contributed by atoms with E-state index in [2.05, 4.69) is 20.5 Å². The second-order valence-corrected chi connectivity index (χ2v) is 8.10. The maximum Gasteiger partial charge on any atom is 0.277 e. The van der Waals surface area contributed by atoms with Crippen LogP contribution in [0.4, 0.5) is 5.13 Å². The van der Waals surface area contributed by atoms with E-state index in [0.29, 0.717) is 21.3 Å². The molecule has 0 aliphatic carbocycles. The molecule has 2 heterocycles. The molecule has 0 fully saturated rings. The monoisotopic (exact) mass is 416 g/mol. The summed E-state index contributed by atoms with van der Waals surface area (Å²) in [7, 11) is 0. The van der Waals surface area contributed by atoms with E-state index in [1.165, 1.54) is 23.1 Å². The van der Waals surface area contributed by atoms with Gasteiger partial charge in [0.15, 0.2) is 5.13 Å². The van der Waals surface area contributed by atoms with Crippen LogP contribution in [0.3, 0.4) is 0 Å². The average molecular weight is 417 g/mol. The largest absolute Gasteiger partial charge is 0.411 e. The number of thiazole rings is 1. The topological polar surface area (TPSA) is 80.9 Å². The number of anilines is 1. The summed E-state index contributed by atoms with van der Waals surface area (Å²) in [5.41, 5.74) is 2.76. The number of benzene rings is 2. The third-order valence-electron chi connectivity index (χ3n) is 3.60. The highest BCUT2D eigenvalue weighted by atomic mass is 35.5. The first-order valence-electron chi connectivity index (χ1n) is 7.96. The van der Waals surface area contributed by atoms with Gasteiger partial charge in [0.25, 0.3) is 5.22 Å². The molecule has 0 radical (unpaired) electrons. The summed E-state index contributed by atoms with van der Waals surface area (Å²) in [6, 6.07) is 13.1. The number of carbonyl (C=O) groups excluding carboxylic acids is 1. The predicted molar refractivity (Wildman–Crippen MR) is 108 cm³/mol. The molecule has 0 saturated carbocycles. The average Bonchev–Trinajstić information content (AvgIpc) is 3.26. The minimum Gasteiger partial charge on any atom is -0.411 e. The molecule has 4 aromatic rings. The van der Waals surface area contributed by atoms with Gasteiger partial charge < -0.3 is 9.73 Å². The molecule has 0 atom stereocenters. The van der Waals surface area contributed by atoms with Crippen LogP contribution in [-0.2, 0) is 4.79 Å². The van der Waals surface area contributed by atoms with Crippen LogP contribution < -0.4 is 5.32 Å². The molecule has 0 bridgehead atoms. The first kappa shape index (κ1) is 18.0. The number of thioether (sulfide) groups is 1. The number of aryl methyl sites for hydroxylation is 1. The van der Waals surface area contributed by atoms with Crippen LogP contribution in [0.15, 0.2) is 52.1 Å². The standard InChI is InChI=1S/C18H13ClN4O2S2/c1-10-5-6-13-14(7-10)27-17(20-13)21-15(24)9-26-18-23-22-16(25-18)11-3-2-4-12(19)8-11/h2-8H,9H2,1H3,(H,20,21,24). The molecule has 0 saturated heterocycles. The van der Waals surface area contributed by atoms with E-state index < -0.39 is 0 Å². The number of nitrogens with zero attached hydrogens (tertiary/aromatic N) is 3. The molecule has 2 aromatic carbocycles. The molecule has 136 valence electrons. The molecule has 0 spiro atoms. The number of aromatic nitrogens is 3. The maximum absolute atomic E-state index is 12.2. The molecule has 27 heavy (non-hydrogen) atoms. The lowest BCUT2D eigenvalue weighted by atomic mass is 10.2. The number of halogens is 1. The third kappa shape index (κ3) is 4.29. The van der Waals surface area contributed by atoms with Gasteiger partial charge in [-0.2, -0.15) is 0 Å². The van der Waals surface area contributed by atoms with Gasteiger partial charge in [0.2, 0.25) is 11.8 Å². The van der Waals surface area contributed by atoms with Gasteiger partial charge in [-0.05, 0) is 42.8 Å². The van der Waals surface area contributed by atoms with Gasteiger partial charge in [-0.3, -0.25) is 4.79 Å². The Bertz CT molecular complexity index is 1130. The van der Waals surface area contributed by atoms with Crippen molar-refractivity contribution in [3.05, 3.63) is 53.1 Å². The zero-order valence-corrected chi connectivity index (χ0v) is 16.5. The fraction of sp³-hybridized carbons (Fsp3) is 0.111. The molecular weight excluding hydrogens is 404 g/mol. The van der Waals surface area contributed by atoms with Crippen molar-refractivity contribution >= 4 is 56.0 Å². The van der Waals surface area contributed by atoms with E-state index in [4.69, 9.17) is 16.0 Å². The lowest BCUT2D eigenvalue weighted by Crippen LogP contribution is -2.13. The lowest BCUT2D eigenvalue weighted by molar-refractivity contribution is -0.113. The number of fused-ring (bicyclic) bond motifs is 1. The minimum atomic E-state index is -0.182. The lowest BCUT2D eigenvalue weighted by Gasteiger charge is -1.98. The summed E-state index contributed by atoms with van der Waals surface area (Å²) < 4.78 is 6.62. The molecule has 1 amide bonds. The number of hydrogen-bond donors (Lipinski definition) is 1. The third-order valence-corrected chi connectivity index (χ3v) is 5.58. The Balaban J connectivity index is 1.37. The van der Waals surface area contributed by atoms with Gasteiger partial charge in [0.05, 0.1) is 16.0 Å². The fourth-order valence-corrected chi connectivity index (χ4v) is 4.11. The highest BCUT2D eigenvalue weighted by Gasteiger charge is 2.13. The number of amides is 1. The van der Waals surface area contributed by atoms with Crippen molar-refractivity contribution in [2.75, 3.05) is 11.1 Å². The number of rotatable bonds is 5. The summed E-state index contributed by atoms with van der Waals surface area (Å²) in [5, 5.41) is 12.2. The van der Waals surface area contributed by atoms with E-state index in [1.54, 1.807) is 12.1 Å². The zero-order valence-electron chi connectivity index (χ0n) is 14.1. The quantitative estimate of drug-likeness (QED) is 0.459. The number of carbonyl (C=O) groups is 1. The van der Waals surface area contributed by atoms with Crippen molar-refractivity contribution in [3.8, 4) is 11.5 Å². The Kier molecular flexibility index (Phi) is 5.11.